The lowest BCUT2D eigenvalue weighted by molar-refractivity contribution is -0.385. The molecule has 0 bridgehead atoms. The Kier molecular flexibility index (Phi) is 5.40. The summed E-state index contributed by atoms with van der Waals surface area (Å²) in [5, 5.41) is 31.8. The molecular formula is C25H17N5O7. The number of nitrogens with zero attached hydrogens (tertiary/aromatic N) is 5. The van der Waals surface area contributed by atoms with Crippen molar-refractivity contribution in [2.75, 3.05) is 4.90 Å². The van der Waals surface area contributed by atoms with Crippen molar-refractivity contribution >= 4 is 34.7 Å². The van der Waals surface area contributed by atoms with E-state index in [1.807, 2.05) is 6.07 Å². The van der Waals surface area contributed by atoms with Gasteiger partial charge in [-0.15, -0.1) is 0 Å². The Bertz CT molecular complexity index is 1520. The summed E-state index contributed by atoms with van der Waals surface area (Å²) in [5.41, 5.74) is 0.255. The van der Waals surface area contributed by atoms with Crippen molar-refractivity contribution < 1.29 is 24.2 Å². The van der Waals surface area contributed by atoms with Gasteiger partial charge in [-0.2, -0.15) is 5.26 Å². The first kappa shape index (κ1) is 23.6. The van der Waals surface area contributed by atoms with Gasteiger partial charge in [0.15, 0.2) is 5.78 Å². The fourth-order valence-electron chi connectivity index (χ4n) is 5.31. The molecule has 2 fully saturated rings. The van der Waals surface area contributed by atoms with E-state index in [0.29, 0.717) is 5.56 Å². The largest absolute Gasteiger partial charge is 0.359 e. The zero-order valence-corrected chi connectivity index (χ0v) is 19.2. The van der Waals surface area contributed by atoms with E-state index in [2.05, 4.69) is 0 Å². The van der Waals surface area contributed by atoms with E-state index in [9.17, 15) is 39.9 Å². The predicted octanol–water partition coefficient (Wildman–Crippen LogP) is 2.83. The maximum Gasteiger partial charge on any atom is 0.270 e. The van der Waals surface area contributed by atoms with Crippen LogP contribution >= 0.6 is 0 Å². The van der Waals surface area contributed by atoms with Crippen molar-refractivity contribution in [1.29, 1.82) is 5.26 Å². The molecule has 2 aromatic carbocycles. The average Bonchev–Trinajstić information content (AvgIpc) is 3.35. The number of nitro groups is 2. The molecule has 5 rings (SSSR count). The van der Waals surface area contributed by atoms with Gasteiger partial charge in [-0.3, -0.25) is 34.6 Å². The van der Waals surface area contributed by atoms with Gasteiger partial charge in [-0.1, -0.05) is 12.1 Å². The molecule has 0 radical (unpaired) electrons. The van der Waals surface area contributed by atoms with Crippen LogP contribution in [0.4, 0.5) is 17.1 Å². The summed E-state index contributed by atoms with van der Waals surface area (Å²) in [7, 11) is 0. The van der Waals surface area contributed by atoms with Crippen LogP contribution in [0.5, 0.6) is 0 Å². The topological polar surface area (TPSA) is 168 Å². The summed E-state index contributed by atoms with van der Waals surface area (Å²) < 4.78 is 0. The van der Waals surface area contributed by atoms with Gasteiger partial charge in [0.25, 0.3) is 11.4 Å². The molecule has 3 aliphatic rings. The second-order valence-corrected chi connectivity index (χ2v) is 8.90. The summed E-state index contributed by atoms with van der Waals surface area (Å²) in [5.74, 6) is -3.99. The zero-order valence-electron chi connectivity index (χ0n) is 19.2. The minimum Gasteiger partial charge on any atom is -0.359 e. The third-order valence-corrected chi connectivity index (χ3v) is 6.92. The lowest BCUT2D eigenvalue weighted by Crippen LogP contribution is -2.46. The molecule has 4 atom stereocenters. The summed E-state index contributed by atoms with van der Waals surface area (Å²) in [4.78, 5) is 64.8. The average molecular weight is 499 g/mol. The molecule has 37 heavy (non-hydrogen) atoms. The predicted molar refractivity (Wildman–Crippen MR) is 127 cm³/mol. The number of amides is 2. The van der Waals surface area contributed by atoms with Gasteiger partial charge in [-0.05, 0) is 30.7 Å². The van der Waals surface area contributed by atoms with Gasteiger partial charge in [0, 0.05) is 36.0 Å². The van der Waals surface area contributed by atoms with Crippen molar-refractivity contribution in [2.24, 2.45) is 11.8 Å². The Hall–Kier alpha value is -5.18. The number of rotatable bonds is 5. The maximum atomic E-state index is 13.8. The lowest BCUT2D eigenvalue weighted by Gasteiger charge is -2.32. The highest BCUT2D eigenvalue weighted by Crippen LogP contribution is 2.47. The number of benzene rings is 2. The van der Waals surface area contributed by atoms with Crippen LogP contribution in [0, 0.1) is 50.3 Å². The van der Waals surface area contributed by atoms with Gasteiger partial charge >= 0.3 is 0 Å². The molecule has 184 valence electrons. The summed E-state index contributed by atoms with van der Waals surface area (Å²) in [6, 6.07) is 8.94. The second kappa shape index (κ2) is 8.49. The molecule has 2 aromatic rings. The number of nitro benzene ring substituents is 2. The van der Waals surface area contributed by atoms with Crippen LogP contribution < -0.4 is 4.90 Å². The van der Waals surface area contributed by atoms with Crippen molar-refractivity contribution in [3.05, 3.63) is 97.7 Å². The van der Waals surface area contributed by atoms with Crippen molar-refractivity contribution in [1.82, 2.24) is 4.90 Å². The Morgan fingerprint density at radius 3 is 2.32 bits per heavy atom. The highest BCUT2D eigenvalue weighted by molar-refractivity contribution is 6.25. The molecule has 3 heterocycles. The Balaban J connectivity index is 1.60. The van der Waals surface area contributed by atoms with Crippen LogP contribution in [0.25, 0.3) is 0 Å². The van der Waals surface area contributed by atoms with Crippen LogP contribution in [0.2, 0.25) is 0 Å². The van der Waals surface area contributed by atoms with E-state index >= 15 is 0 Å². The Morgan fingerprint density at radius 1 is 1.00 bits per heavy atom. The highest BCUT2D eigenvalue weighted by Gasteiger charge is 2.63. The van der Waals surface area contributed by atoms with Crippen LogP contribution in [0.15, 0.2) is 66.4 Å². The third-order valence-electron chi connectivity index (χ3n) is 6.92. The first-order valence-electron chi connectivity index (χ1n) is 11.1. The molecule has 0 aliphatic carbocycles. The molecular weight excluding hydrogens is 482 g/mol. The van der Waals surface area contributed by atoms with Gasteiger partial charge in [0.05, 0.1) is 45.1 Å². The van der Waals surface area contributed by atoms with Gasteiger partial charge < -0.3 is 4.90 Å². The fourth-order valence-corrected chi connectivity index (χ4v) is 5.31. The Labute approximate surface area is 209 Å². The highest BCUT2D eigenvalue weighted by atomic mass is 16.6. The molecule has 0 unspecified atom stereocenters. The number of ketones is 1. The van der Waals surface area contributed by atoms with E-state index in [0.717, 1.165) is 11.0 Å². The van der Waals surface area contributed by atoms with Crippen molar-refractivity contribution in [3.63, 3.8) is 0 Å². The van der Waals surface area contributed by atoms with Gasteiger partial charge in [0.1, 0.15) is 6.04 Å². The van der Waals surface area contributed by atoms with E-state index in [1.54, 1.807) is 4.90 Å². The van der Waals surface area contributed by atoms with Crippen molar-refractivity contribution in [3.8, 4) is 6.07 Å². The molecule has 12 heteroatoms. The number of Topliss-reactive ketones (excluding diaryl/α,β-unsaturated/α-hetero) is 1. The molecule has 2 amide bonds. The number of hydrogen-bond acceptors (Lipinski definition) is 9. The summed E-state index contributed by atoms with van der Waals surface area (Å²) >= 11 is 0. The number of carbonyl (C=O) groups excluding carboxylic acids is 3. The van der Waals surface area contributed by atoms with Gasteiger partial charge in [0.2, 0.25) is 11.8 Å². The number of carbonyl (C=O) groups is 3. The number of non-ortho nitro benzene ring substituents is 2. The van der Waals surface area contributed by atoms with Crippen LogP contribution in [-0.4, -0.2) is 44.4 Å². The molecule has 2 saturated heterocycles. The molecule has 0 spiro atoms. The second-order valence-electron chi connectivity index (χ2n) is 8.90. The maximum absolute atomic E-state index is 13.8. The SMILES string of the molecule is Cc1cc([N+](=O)[O-])ccc1N1C(=O)[C@@H]2[C@@H](C1=O)[C@@H](C(=O)c1cccc([N+](=O)[O-])c1)N1C=CC(C#N)=C[C@H]21. The summed E-state index contributed by atoms with van der Waals surface area (Å²) in [6.45, 7) is 1.53. The first-order chi connectivity index (χ1) is 17.6. The van der Waals surface area contributed by atoms with E-state index in [4.69, 9.17) is 0 Å². The van der Waals surface area contributed by atoms with Crippen LogP contribution in [0.3, 0.4) is 0 Å². The monoisotopic (exact) mass is 499 g/mol. The number of hydrogen-bond donors (Lipinski definition) is 0. The lowest BCUT2D eigenvalue weighted by atomic mass is 9.86. The smallest absolute Gasteiger partial charge is 0.270 e. The third kappa shape index (κ3) is 3.56. The number of anilines is 1. The number of fused-ring (bicyclic) bond motifs is 3. The van der Waals surface area contributed by atoms with Gasteiger partial charge in [-0.25, -0.2) is 4.90 Å². The van der Waals surface area contributed by atoms with Crippen LogP contribution in [-0.2, 0) is 9.59 Å². The molecule has 12 nitrogen and oxygen atoms in total. The molecule has 3 aliphatic heterocycles. The number of imide groups is 1. The van der Waals surface area contributed by atoms with E-state index in [-0.39, 0.29) is 28.2 Å². The van der Waals surface area contributed by atoms with E-state index < -0.39 is 51.4 Å². The standard InChI is InChI=1S/C25H17N5O7/c1-13-9-17(30(36)37)5-6-18(13)28-24(32)20-19-10-14(12-26)7-8-27(19)22(21(20)25(28)33)23(31)15-3-2-4-16(11-15)29(34)35/h2-11,19-22H,1H3/t19-,20+,21-,22+/m1/s1. The normalized spacial score (nSPS) is 23.8. The van der Waals surface area contributed by atoms with E-state index in [1.165, 1.54) is 61.7 Å². The number of allylic oxidation sites excluding steroid dienone is 2. The summed E-state index contributed by atoms with van der Waals surface area (Å²) in [6.07, 6.45) is 4.48. The molecule has 0 N–H and O–H groups in total. The van der Waals surface area contributed by atoms with Crippen molar-refractivity contribution in [2.45, 2.75) is 19.0 Å². The first-order valence-corrected chi connectivity index (χ1v) is 11.1. The quantitative estimate of drug-likeness (QED) is 0.260. The number of nitriles is 1. The van der Waals surface area contributed by atoms with Crippen LogP contribution in [0.1, 0.15) is 15.9 Å². The number of aryl methyl sites for hydroxylation is 1. The zero-order chi connectivity index (χ0) is 26.6. The molecule has 0 aromatic heterocycles. The Morgan fingerprint density at radius 2 is 1.68 bits per heavy atom. The molecule has 0 saturated carbocycles. The minimum absolute atomic E-state index is 0.00674. The minimum atomic E-state index is -1.16. The fraction of sp³-hybridized carbons (Fsp3) is 0.200.